The third kappa shape index (κ3) is 2.17. The third-order valence-electron chi connectivity index (χ3n) is 1.51. The van der Waals surface area contributed by atoms with Gasteiger partial charge in [0.05, 0.1) is 9.24 Å². The summed E-state index contributed by atoms with van der Waals surface area (Å²) in [6, 6.07) is 3.67. The van der Waals surface area contributed by atoms with Gasteiger partial charge in [-0.15, -0.1) is 11.3 Å². The molecule has 2 nitrogen and oxygen atoms in total. The molecule has 0 unspecified atom stereocenters. The molecule has 6 heteroatoms. The summed E-state index contributed by atoms with van der Waals surface area (Å²) < 4.78 is 1.21. The molecule has 1 aromatic rings. The lowest BCUT2D eigenvalue weighted by Crippen LogP contribution is -2.17. The number of thioether (sulfide) groups is 1. The van der Waals surface area contributed by atoms with Gasteiger partial charge in [-0.1, -0.05) is 35.6 Å². The molecule has 2 heterocycles. The van der Waals surface area contributed by atoms with Crippen molar-refractivity contribution in [3.05, 3.63) is 26.3 Å². The van der Waals surface area contributed by atoms with Crippen molar-refractivity contribution in [1.29, 1.82) is 0 Å². The summed E-state index contributed by atoms with van der Waals surface area (Å²) >= 11 is 13.3. The van der Waals surface area contributed by atoms with E-state index in [0.29, 0.717) is 13.6 Å². The number of amides is 1. The standard InChI is InChI=1S/C8H4ClNOS3/c9-6-2-1-4(13-6)3-5-7(11)10-8(12)14-5/h1-3H,(H,10,11,12)/b5-3+. The molecular weight excluding hydrogens is 258 g/mol. The monoisotopic (exact) mass is 261 g/mol. The molecule has 0 saturated carbocycles. The van der Waals surface area contributed by atoms with E-state index in [1.54, 1.807) is 12.1 Å². The normalized spacial score (nSPS) is 19.1. The van der Waals surface area contributed by atoms with Crippen LogP contribution in [-0.2, 0) is 4.79 Å². The van der Waals surface area contributed by atoms with Gasteiger partial charge < -0.3 is 5.32 Å². The molecule has 0 radical (unpaired) electrons. The number of thiophene rings is 1. The van der Waals surface area contributed by atoms with E-state index in [4.69, 9.17) is 23.8 Å². The lowest BCUT2D eigenvalue weighted by molar-refractivity contribution is -0.115. The van der Waals surface area contributed by atoms with Crippen LogP contribution in [0.3, 0.4) is 0 Å². The van der Waals surface area contributed by atoms with Crippen molar-refractivity contribution in [2.24, 2.45) is 0 Å². The van der Waals surface area contributed by atoms with Crippen LogP contribution in [0, 0.1) is 0 Å². The number of thiocarbonyl (C=S) groups is 1. The van der Waals surface area contributed by atoms with Crippen molar-refractivity contribution in [3.63, 3.8) is 0 Å². The minimum atomic E-state index is -0.135. The number of hydrogen-bond donors (Lipinski definition) is 1. The van der Waals surface area contributed by atoms with Gasteiger partial charge in [-0.25, -0.2) is 0 Å². The van der Waals surface area contributed by atoms with Crippen LogP contribution in [0.25, 0.3) is 6.08 Å². The maximum atomic E-state index is 11.3. The molecule has 0 aromatic carbocycles. The lowest BCUT2D eigenvalue weighted by atomic mass is 10.4. The largest absolute Gasteiger partial charge is 0.307 e. The Bertz CT molecular complexity index is 438. The number of rotatable bonds is 1. The molecule has 0 bridgehead atoms. The first-order valence-corrected chi connectivity index (χ1v) is 6.07. The minimum Gasteiger partial charge on any atom is -0.307 e. The Balaban J connectivity index is 2.27. The zero-order valence-electron chi connectivity index (χ0n) is 6.74. The Morgan fingerprint density at radius 2 is 2.29 bits per heavy atom. The number of nitrogens with one attached hydrogen (secondary N) is 1. The van der Waals surface area contributed by atoms with Gasteiger partial charge in [-0.2, -0.15) is 0 Å². The molecule has 1 amide bonds. The molecule has 1 aromatic heterocycles. The minimum absolute atomic E-state index is 0.135. The van der Waals surface area contributed by atoms with Gasteiger partial charge in [0, 0.05) is 4.88 Å². The van der Waals surface area contributed by atoms with Gasteiger partial charge in [0.15, 0.2) is 0 Å². The van der Waals surface area contributed by atoms with E-state index in [0.717, 1.165) is 4.88 Å². The van der Waals surface area contributed by atoms with Crippen LogP contribution in [0.4, 0.5) is 0 Å². The first-order chi connectivity index (χ1) is 6.65. The zero-order valence-corrected chi connectivity index (χ0v) is 9.95. The summed E-state index contributed by atoms with van der Waals surface area (Å²) in [5.41, 5.74) is 0. The van der Waals surface area contributed by atoms with E-state index in [-0.39, 0.29) is 5.91 Å². The van der Waals surface area contributed by atoms with Gasteiger partial charge >= 0.3 is 0 Å². The molecular formula is C8H4ClNOS3. The van der Waals surface area contributed by atoms with Crippen molar-refractivity contribution < 1.29 is 4.79 Å². The first-order valence-electron chi connectivity index (χ1n) is 3.65. The quantitative estimate of drug-likeness (QED) is 0.623. The van der Waals surface area contributed by atoms with Crippen molar-refractivity contribution in [2.45, 2.75) is 0 Å². The Morgan fingerprint density at radius 3 is 2.79 bits per heavy atom. The Kier molecular flexibility index (Phi) is 2.92. The topological polar surface area (TPSA) is 29.1 Å². The number of halogens is 1. The van der Waals surface area contributed by atoms with E-state index in [9.17, 15) is 4.79 Å². The molecule has 0 atom stereocenters. The van der Waals surface area contributed by atoms with E-state index < -0.39 is 0 Å². The number of carbonyl (C=O) groups is 1. The van der Waals surface area contributed by atoms with Crippen LogP contribution in [0.1, 0.15) is 4.88 Å². The fourth-order valence-electron chi connectivity index (χ4n) is 0.956. The van der Waals surface area contributed by atoms with E-state index in [2.05, 4.69) is 5.32 Å². The van der Waals surface area contributed by atoms with E-state index in [1.165, 1.54) is 23.1 Å². The highest BCUT2D eigenvalue weighted by Gasteiger charge is 2.21. The molecule has 0 aliphatic carbocycles. The lowest BCUT2D eigenvalue weighted by Gasteiger charge is -1.88. The molecule has 14 heavy (non-hydrogen) atoms. The average molecular weight is 262 g/mol. The van der Waals surface area contributed by atoms with Crippen molar-refractivity contribution in [1.82, 2.24) is 5.32 Å². The predicted octanol–water partition coefficient (Wildman–Crippen LogP) is 2.89. The summed E-state index contributed by atoms with van der Waals surface area (Å²) in [6.07, 6.45) is 1.79. The second kappa shape index (κ2) is 4.02. The van der Waals surface area contributed by atoms with Crippen LogP contribution < -0.4 is 5.32 Å². The second-order valence-corrected chi connectivity index (χ2v) is 5.96. The molecule has 1 fully saturated rings. The first kappa shape index (κ1) is 10.2. The Hall–Kier alpha value is -0.360. The summed E-state index contributed by atoms with van der Waals surface area (Å²) in [7, 11) is 0. The van der Waals surface area contributed by atoms with Gasteiger partial charge in [-0.05, 0) is 18.2 Å². The Labute approximate surface area is 99.3 Å². The van der Waals surface area contributed by atoms with Gasteiger partial charge in [0.1, 0.15) is 4.32 Å². The molecule has 1 aliphatic heterocycles. The fraction of sp³-hybridized carbons (Fsp3) is 0. The summed E-state index contributed by atoms with van der Waals surface area (Å²) in [6.45, 7) is 0. The van der Waals surface area contributed by atoms with Gasteiger partial charge in [0.25, 0.3) is 5.91 Å². The van der Waals surface area contributed by atoms with Crippen LogP contribution in [0.5, 0.6) is 0 Å². The molecule has 2 rings (SSSR count). The van der Waals surface area contributed by atoms with Crippen LogP contribution >= 0.6 is 46.9 Å². The number of hydrogen-bond acceptors (Lipinski definition) is 4. The zero-order chi connectivity index (χ0) is 10.1. The smallest absolute Gasteiger partial charge is 0.263 e. The van der Waals surface area contributed by atoms with Crippen LogP contribution in [0.2, 0.25) is 4.34 Å². The highest BCUT2D eigenvalue weighted by molar-refractivity contribution is 8.26. The fourth-order valence-corrected chi connectivity index (χ4v) is 3.07. The molecule has 1 N–H and O–H groups in total. The van der Waals surface area contributed by atoms with Crippen molar-refractivity contribution in [3.8, 4) is 0 Å². The summed E-state index contributed by atoms with van der Waals surface area (Å²) in [4.78, 5) is 12.9. The number of carbonyl (C=O) groups excluding carboxylic acids is 1. The van der Waals surface area contributed by atoms with Crippen LogP contribution in [0.15, 0.2) is 17.0 Å². The highest BCUT2D eigenvalue weighted by Crippen LogP contribution is 2.29. The SMILES string of the molecule is O=C1NC(=S)S/C1=C/c1ccc(Cl)s1. The third-order valence-corrected chi connectivity index (χ3v) is 3.85. The maximum absolute atomic E-state index is 11.3. The second-order valence-electron chi connectivity index (χ2n) is 2.49. The van der Waals surface area contributed by atoms with Crippen molar-refractivity contribution >= 4 is 63.2 Å². The molecule has 1 saturated heterocycles. The van der Waals surface area contributed by atoms with Gasteiger partial charge in [0.2, 0.25) is 0 Å². The molecule has 1 aliphatic rings. The highest BCUT2D eigenvalue weighted by atomic mass is 35.5. The van der Waals surface area contributed by atoms with Crippen LogP contribution in [-0.4, -0.2) is 10.2 Å². The van der Waals surface area contributed by atoms with E-state index >= 15 is 0 Å². The average Bonchev–Trinajstić information content (AvgIpc) is 2.61. The predicted molar refractivity (Wildman–Crippen MR) is 65.6 cm³/mol. The Morgan fingerprint density at radius 1 is 1.50 bits per heavy atom. The molecule has 0 spiro atoms. The summed E-state index contributed by atoms with van der Waals surface area (Å²) in [5, 5.41) is 2.55. The maximum Gasteiger partial charge on any atom is 0.263 e. The summed E-state index contributed by atoms with van der Waals surface area (Å²) in [5.74, 6) is -0.135. The molecule has 72 valence electrons. The van der Waals surface area contributed by atoms with E-state index in [1.807, 2.05) is 6.07 Å². The van der Waals surface area contributed by atoms with Gasteiger partial charge in [-0.3, -0.25) is 4.79 Å². The van der Waals surface area contributed by atoms with Crippen molar-refractivity contribution in [2.75, 3.05) is 0 Å².